The number of carbonyl (C=O) groups excluding carboxylic acids is 2. The van der Waals surface area contributed by atoms with Gasteiger partial charge in [-0.05, 0) is 37.5 Å². The van der Waals surface area contributed by atoms with Crippen molar-refractivity contribution in [3.05, 3.63) is 34.9 Å². The fraction of sp³-hybridized carbons (Fsp3) is 0.529. The Morgan fingerprint density at radius 3 is 2.58 bits per heavy atom. The molecule has 3 amide bonds. The molecule has 9 heteroatoms. The van der Waals surface area contributed by atoms with Gasteiger partial charge in [0.2, 0.25) is 0 Å². The number of piperidine rings is 1. The second kappa shape index (κ2) is 6.74. The number of rotatable bonds is 3. The van der Waals surface area contributed by atoms with Crippen molar-refractivity contribution in [3.63, 3.8) is 0 Å². The topological polar surface area (TPSA) is 53.9 Å². The molecule has 5 nitrogen and oxygen atoms in total. The molecule has 2 aliphatic heterocycles. The van der Waals surface area contributed by atoms with Gasteiger partial charge in [0, 0.05) is 5.02 Å². The first-order valence-corrected chi connectivity index (χ1v) is 8.79. The van der Waals surface area contributed by atoms with Crippen LogP contribution in [0, 0.1) is 5.92 Å². The van der Waals surface area contributed by atoms with Gasteiger partial charge in [-0.25, -0.2) is 9.69 Å². The number of nitrogens with zero attached hydrogens (tertiary/aromatic N) is 1. The van der Waals surface area contributed by atoms with Crippen LogP contribution in [0.25, 0.3) is 0 Å². The molecular weight excluding hydrogens is 371 g/mol. The Kier molecular flexibility index (Phi) is 4.92. The zero-order chi connectivity index (χ0) is 19.1. The van der Waals surface area contributed by atoms with E-state index in [0.717, 1.165) is 4.90 Å². The lowest BCUT2D eigenvalue weighted by atomic mass is 9.92. The number of hydrogen-bond acceptors (Lipinski definition) is 2. The highest BCUT2D eigenvalue weighted by atomic mass is 35.5. The maximum absolute atomic E-state index is 13.0. The van der Waals surface area contributed by atoms with E-state index >= 15 is 0 Å². The third-order valence-corrected chi connectivity index (χ3v) is 5.41. The third kappa shape index (κ3) is 3.53. The van der Waals surface area contributed by atoms with Crippen molar-refractivity contribution >= 4 is 23.5 Å². The number of benzene rings is 1. The molecule has 0 radical (unpaired) electrons. The van der Waals surface area contributed by atoms with E-state index in [1.807, 2.05) is 0 Å². The summed E-state index contributed by atoms with van der Waals surface area (Å²) < 4.78 is 38.9. The molecule has 2 N–H and O–H groups in total. The predicted octanol–water partition coefficient (Wildman–Crippen LogP) is 1.92. The molecule has 1 unspecified atom stereocenters. The van der Waals surface area contributed by atoms with Crippen LogP contribution in [0.15, 0.2) is 24.3 Å². The Hall–Kier alpha value is -1.80. The molecule has 1 aromatic carbocycles. The van der Waals surface area contributed by atoms with Crippen LogP contribution in [-0.4, -0.2) is 42.8 Å². The van der Waals surface area contributed by atoms with Gasteiger partial charge < -0.3 is 10.2 Å². The second-order valence-corrected chi connectivity index (χ2v) is 7.47. The van der Waals surface area contributed by atoms with Gasteiger partial charge in [0.25, 0.3) is 5.91 Å². The molecule has 2 saturated heterocycles. The zero-order valence-corrected chi connectivity index (χ0v) is 15.0. The van der Waals surface area contributed by atoms with E-state index < -0.39 is 29.6 Å². The van der Waals surface area contributed by atoms with Gasteiger partial charge in [0.05, 0.1) is 13.1 Å². The predicted molar refractivity (Wildman–Crippen MR) is 88.5 cm³/mol. The summed E-state index contributed by atoms with van der Waals surface area (Å²) in [5.41, 5.74) is -0.676. The highest BCUT2D eigenvalue weighted by Gasteiger charge is 2.51. The normalized spacial score (nSPS) is 29.8. The van der Waals surface area contributed by atoms with Gasteiger partial charge in [0.1, 0.15) is 11.5 Å². The average molecular weight is 391 g/mol. The standard InChI is InChI=1S/C17H19ClF3N3O2/c1-16(11-4-6-13(18)7-5-11)14(25)24(15(26)22-16)10-23-8-2-3-12(9-23)17(19,20)21/h4-7,12H,2-3,8-10H2,1H3,(H,22,26)/p+1/t12-,16-/m0/s1. The average Bonchev–Trinajstić information content (AvgIpc) is 2.79. The highest BCUT2D eigenvalue weighted by Crippen LogP contribution is 2.31. The molecule has 3 rings (SSSR count). The summed E-state index contributed by atoms with van der Waals surface area (Å²) in [7, 11) is 0. The Bertz CT molecular complexity index is 710. The maximum Gasteiger partial charge on any atom is 0.397 e. The molecule has 0 bridgehead atoms. The Labute approximate surface area is 154 Å². The number of alkyl halides is 3. The van der Waals surface area contributed by atoms with Crippen LogP contribution in [0.4, 0.5) is 18.0 Å². The number of nitrogens with one attached hydrogen (secondary N) is 2. The van der Waals surface area contributed by atoms with Gasteiger partial charge in [-0.1, -0.05) is 23.7 Å². The number of hydrogen-bond donors (Lipinski definition) is 2. The fourth-order valence-corrected chi connectivity index (χ4v) is 3.74. The quantitative estimate of drug-likeness (QED) is 0.775. The molecule has 2 heterocycles. The van der Waals surface area contributed by atoms with Crippen LogP contribution in [-0.2, 0) is 10.3 Å². The van der Waals surface area contributed by atoms with Gasteiger partial charge >= 0.3 is 12.2 Å². The summed E-state index contributed by atoms with van der Waals surface area (Å²) in [6.45, 7) is 1.89. The van der Waals surface area contributed by atoms with Crippen LogP contribution < -0.4 is 10.2 Å². The van der Waals surface area contributed by atoms with Gasteiger partial charge in [0.15, 0.2) is 6.67 Å². The largest absolute Gasteiger partial charge is 0.397 e. The Morgan fingerprint density at radius 2 is 1.96 bits per heavy atom. The van der Waals surface area contributed by atoms with Crippen LogP contribution >= 0.6 is 11.6 Å². The van der Waals surface area contributed by atoms with E-state index in [2.05, 4.69) is 5.32 Å². The monoisotopic (exact) mass is 390 g/mol. The molecule has 1 aromatic rings. The lowest BCUT2D eigenvalue weighted by Gasteiger charge is -2.32. The highest BCUT2D eigenvalue weighted by molar-refractivity contribution is 6.30. The number of quaternary nitrogens is 1. The SMILES string of the molecule is C[C@@]1(c2ccc(Cl)cc2)NC(=O)N(C[NH+]2CCC[C@H](C(F)(F)F)C2)C1=O. The minimum Gasteiger partial charge on any atom is -0.319 e. The van der Waals surface area contributed by atoms with Crippen molar-refractivity contribution in [1.29, 1.82) is 0 Å². The Morgan fingerprint density at radius 1 is 1.31 bits per heavy atom. The van der Waals surface area contributed by atoms with Gasteiger partial charge in [-0.2, -0.15) is 13.2 Å². The van der Waals surface area contributed by atoms with Crippen LogP contribution in [0.3, 0.4) is 0 Å². The zero-order valence-electron chi connectivity index (χ0n) is 14.2. The molecule has 0 saturated carbocycles. The smallest absolute Gasteiger partial charge is 0.319 e. The Balaban J connectivity index is 1.74. The van der Waals surface area contributed by atoms with Gasteiger partial charge in [-0.3, -0.25) is 4.79 Å². The summed E-state index contributed by atoms with van der Waals surface area (Å²) in [4.78, 5) is 26.8. The van der Waals surface area contributed by atoms with Crippen molar-refractivity contribution < 1.29 is 27.7 Å². The minimum absolute atomic E-state index is 0.0690. The summed E-state index contributed by atoms with van der Waals surface area (Å²) in [6.07, 6.45) is -3.74. The lowest BCUT2D eigenvalue weighted by Crippen LogP contribution is -3.15. The van der Waals surface area contributed by atoms with Crippen molar-refractivity contribution in [1.82, 2.24) is 10.2 Å². The molecule has 2 fully saturated rings. The van der Waals surface area contributed by atoms with Crippen LogP contribution in [0.5, 0.6) is 0 Å². The third-order valence-electron chi connectivity index (χ3n) is 5.16. The molecule has 0 spiro atoms. The molecule has 26 heavy (non-hydrogen) atoms. The first-order valence-electron chi connectivity index (χ1n) is 8.41. The van der Waals surface area contributed by atoms with E-state index in [1.165, 1.54) is 0 Å². The van der Waals surface area contributed by atoms with Crippen LogP contribution in [0.2, 0.25) is 5.02 Å². The molecule has 142 valence electrons. The first kappa shape index (κ1) is 19.0. The number of carbonyl (C=O) groups is 2. The van der Waals surface area contributed by atoms with Crippen molar-refractivity contribution in [2.24, 2.45) is 5.92 Å². The summed E-state index contributed by atoms with van der Waals surface area (Å²) >= 11 is 5.86. The molecular formula is C17H20ClF3N3O2+. The molecule has 0 aliphatic carbocycles. The number of amides is 3. The second-order valence-electron chi connectivity index (χ2n) is 7.04. The molecule has 3 atom stereocenters. The van der Waals surface area contributed by atoms with E-state index in [4.69, 9.17) is 11.6 Å². The minimum atomic E-state index is -4.25. The van der Waals surface area contributed by atoms with Crippen molar-refractivity contribution in [3.8, 4) is 0 Å². The molecule has 0 aromatic heterocycles. The summed E-state index contributed by atoms with van der Waals surface area (Å²) in [6, 6.07) is 5.95. The first-order chi connectivity index (χ1) is 12.1. The summed E-state index contributed by atoms with van der Waals surface area (Å²) in [5.74, 6) is -1.86. The van der Waals surface area contributed by atoms with Gasteiger partial charge in [-0.15, -0.1) is 0 Å². The van der Waals surface area contributed by atoms with Crippen LogP contribution in [0.1, 0.15) is 25.3 Å². The number of halogens is 4. The number of urea groups is 1. The summed E-state index contributed by atoms with van der Waals surface area (Å²) in [5, 5.41) is 3.16. The fourth-order valence-electron chi connectivity index (χ4n) is 3.62. The maximum atomic E-state index is 13.0. The van der Waals surface area contributed by atoms with Crippen molar-refractivity contribution in [2.45, 2.75) is 31.5 Å². The van der Waals surface area contributed by atoms with E-state index in [0.29, 0.717) is 28.5 Å². The van der Waals surface area contributed by atoms with E-state index in [1.54, 1.807) is 31.2 Å². The van der Waals surface area contributed by atoms with E-state index in [-0.39, 0.29) is 19.6 Å². The van der Waals surface area contributed by atoms with Crippen molar-refractivity contribution in [2.75, 3.05) is 19.8 Å². The number of imide groups is 1. The van der Waals surface area contributed by atoms with E-state index in [9.17, 15) is 22.8 Å². The molecule has 2 aliphatic rings. The number of likely N-dealkylation sites (tertiary alicyclic amines) is 1. The lowest BCUT2D eigenvalue weighted by molar-refractivity contribution is -0.917.